The number of rotatable bonds is 6. The molecule has 7 nitrogen and oxygen atoms in total. The molecule has 2 aromatic heterocycles. The van der Waals surface area contributed by atoms with Crippen molar-refractivity contribution >= 4 is 23.2 Å². The summed E-state index contributed by atoms with van der Waals surface area (Å²) in [5.41, 5.74) is 9.22. The molecule has 1 aliphatic rings. The summed E-state index contributed by atoms with van der Waals surface area (Å²) in [6, 6.07) is 11.5. The third-order valence-electron chi connectivity index (χ3n) is 4.46. The number of anilines is 3. The van der Waals surface area contributed by atoms with Gasteiger partial charge < -0.3 is 16.4 Å². The molecular weight excluding hydrogens is 340 g/mol. The molecule has 0 aliphatic heterocycles. The van der Waals surface area contributed by atoms with E-state index in [-0.39, 0.29) is 0 Å². The Bertz CT molecular complexity index is 999. The first-order valence-electron chi connectivity index (χ1n) is 8.81. The number of benzene rings is 1. The van der Waals surface area contributed by atoms with Crippen molar-refractivity contribution in [2.75, 3.05) is 10.6 Å². The highest BCUT2D eigenvalue weighted by Gasteiger charge is 2.21. The Labute approximate surface area is 157 Å². The lowest BCUT2D eigenvalue weighted by atomic mass is 10.1. The third kappa shape index (κ3) is 3.87. The Morgan fingerprint density at radius 1 is 1.15 bits per heavy atom. The molecule has 1 amide bonds. The van der Waals surface area contributed by atoms with Crippen LogP contribution in [-0.4, -0.2) is 26.9 Å². The Morgan fingerprint density at radius 2 is 2.00 bits per heavy atom. The topological polar surface area (TPSA) is 106 Å². The van der Waals surface area contributed by atoms with Crippen LogP contribution in [0.2, 0.25) is 0 Å². The number of nitrogens with two attached hydrogens (primary N) is 1. The number of carbonyl (C=O) groups is 1. The number of nitrogens with zero attached hydrogens (tertiary/aromatic N) is 3. The standard InChI is InChI=1S/C20H20N6O/c1-12-4-5-13(19(21)27)9-16(12)26-20-15(3-2-8-22-20)17-10-18(24-11-23-17)25-14-6-7-14/h2-5,8-11,14H,6-7H2,1H3,(H2,21,27)(H,22,26)(H,23,24,25). The van der Waals surface area contributed by atoms with E-state index in [1.54, 1.807) is 24.7 Å². The Balaban J connectivity index is 1.68. The predicted octanol–water partition coefficient (Wildman–Crippen LogP) is 3.26. The van der Waals surface area contributed by atoms with Crippen LogP contribution in [0, 0.1) is 6.92 Å². The minimum absolute atomic E-state index is 0.443. The highest BCUT2D eigenvalue weighted by Crippen LogP contribution is 2.30. The fourth-order valence-corrected chi connectivity index (χ4v) is 2.77. The Hall–Kier alpha value is -3.48. The van der Waals surface area contributed by atoms with Crippen LogP contribution in [0.1, 0.15) is 28.8 Å². The fourth-order valence-electron chi connectivity index (χ4n) is 2.77. The molecule has 0 saturated heterocycles. The van der Waals surface area contributed by atoms with E-state index in [4.69, 9.17) is 5.73 Å². The van der Waals surface area contributed by atoms with Crippen molar-refractivity contribution in [1.29, 1.82) is 0 Å². The van der Waals surface area contributed by atoms with Crippen LogP contribution in [0.5, 0.6) is 0 Å². The summed E-state index contributed by atoms with van der Waals surface area (Å²) in [7, 11) is 0. The molecule has 2 heterocycles. The van der Waals surface area contributed by atoms with Crippen LogP contribution in [0.3, 0.4) is 0 Å². The first kappa shape index (κ1) is 17.0. The highest BCUT2D eigenvalue weighted by atomic mass is 16.1. The number of nitrogens with one attached hydrogen (secondary N) is 2. The van der Waals surface area contributed by atoms with Gasteiger partial charge in [0.05, 0.1) is 5.69 Å². The van der Waals surface area contributed by atoms with E-state index in [1.165, 1.54) is 12.8 Å². The molecule has 1 aromatic carbocycles. The maximum absolute atomic E-state index is 11.5. The van der Waals surface area contributed by atoms with Crippen molar-refractivity contribution in [3.05, 3.63) is 60.0 Å². The van der Waals surface area contributed by atoms with Crippen LogP contribution in [0.4, 0.5) is 17.3 Å². The van der Waals surface area contributed by atoms with E-state index in [2.05, 4.69) is 25.6 Å². The van der Waals surface area contributed by atoms with Crippen molar-refractivity contribution in [2.45, 2.75) is 25.8 Å². The van der Waals surface area contributed by atoms with Gasteiger partial charge in [0.2, 0.25) is 5.91 Å². The number of hydrogen-bond donors (Lipinski definition) is 3. The van der Waals surface area contributed by atoms with Gasteiger partial charge in [0.1, 0.15) is 18.0 Å². The molecule has 3 aromatic rings. The first-order valence-corrected chi connectivity index (χ1v) is 8.81. The van der Waals surface area contributed by atoms with E-state index in [0.717, 1.165) is 28.3 Å². The van der Waals surface area contributed by atoms with E-state index in [9.17, 15) is 4.79 Å². The van der Waals surface area contributed by atoms with Crippen LogP contribution in [0.15, 0.2) is 48.9 Å². The maximum Gasteiger partial charge on any atom is 0.248 e. The molecular formula is C20H20N6O. The summed E-state index contributed by atoms with van der Waals surface area (Å²) < 4.78 is 0. The van der Waals surface area contributed by atoms with Crippen LogP contribution in [0.25, 0.3) is 11.3 Å². The molecule has 4 rings (SSSR count). The van der Waals surface area contributed by atoms with Gasteiger partial charge in [0.15, 0.2) is 0 Å². The summed E-state index contributed by atoms with van der Waals surface area (Å²) in [6.45, 7) is 1.96. The Morgan fingerprint density at radius 3 is 2.78 bits per heavy atom. The molecule has 136 valence electrons. The van der Waals surface area contributed by atoms with Crippen molar-refractivity contribution in [3.8, 4) is 11.3 Å². The zero-order valence-electron chi connectivity index (χ0n) is 14.9. The van der Waals surface area contributed by atoms with Gasteiger partial charge in [0, 0.05) is 35.1 Å². The zero-order chi connectivity index (χ0) is 18.8. The summed E-state index contributed by atoms with van der Waals surface area (Å²) in [5, 5.41) is 6.69. The third-order valence-corrected chi connectivity index (χ3v) is 4.46. The zero-order valence-corrected chi connectivity index (χ0v) is 14.9. The monoisotopic (exact) mass is 360 g/mol. The maximum atomic E-state index is 11.5. The number of amides is 1. The van der Waals surface area contributed by atoms with Crippen LogP contribution < -0.4 is 16.4 Å². The minimum atomic E-state index is -0.467. The predicted molar refractivity (Wildman–Crippen MR) is 105 cm³/mol. The summed E-state index contributed by atoms with van der Waals surface area (Å²) in [5.74, 6) is 0.994. The van der Waals surface area contributed by atoms with E-state index < -0.39 is 5.91 Å². The lowest BCUT2D eigenvalue weighted by Gasteiger charge is -2.14. The van der Waals surface area contributed by atoms with Gasteiger partial charge in [-0.3, -0.25) is 4.79 Å². The number of carbonyl (C=O) groups excluding carboxylic acids is 1. The van der Waals surface area contributed by atoms with Gasteiger partial charge in [0.25, 0.3) is 0 Å². The van der Waals surface area contributed by atoms with E-state index in [1.807, 2.05) is 31.2 Å². The van der Waals surface area contributed by atoms with Crippen LogP contribution in [-0.2, 0) is 0 Å². The highest BCUT2D eigenvalue weighted by molar-refractivity contribution is 5.94. The second kappa shape index (κ2) is 7.03. The van der Waals surface area contributed by atoms with E-state index in [0.29, 0.717) is 17.4 Å². The minimum Gasteiger partial charge on any atom is -0.367 e. The normalized spacial score (nSPS) is 13.2. The molecule has 0 bridgehead atoms. The largest absolute Gasteiger partial charge is 0.367 e. The molecule has 0 unspecified atom stereocenters. The number of hydrogen-bond acceptors (Lipinski definition) is 6. The molecule has 1 fully saturated rings. The molecule has 27 heavy (non-hydrogen) atoms. The summed E-state index contributed by atoms with van der Waals surface area (Å²) in [4.78, 5) is 24.6. The average molecular weight is 360 g/mol. The molecule has 7 heteroatoms. The van der Waals surface area contributed by atoms with Gasteiger partial charge in [-0.25, -0.2) is 15.0 Å². The second-order valence-electron chi connectivity index (χ2n) is 6.63. The molecule has 0 radical (unpaired) electrons. The fraction of sp³-hybridized carbons (Fsp3) is 0.200. The first-order chi connectivity index (χ1) is 13.1. The lowest BCUT2D eigenvalue weighted by Crippen LogP contribution is -2.11. The van der Waals surface area contributed by atoms with Crippen molar-refractivity contribution in [2.24, 2.45) is 5.73 Å². The van der Waals surface area contributed by atoms with Crippen molar-refractivity contribution in [1.82, 2.24) is 15.0 Å². The molecule has 1 saturated carbocycles. The molecule has 0 spiro atoms. The van der Waals surface area contributed by atoms with Crippen molar-refractivity contribution in [3.63, 3.8) is 0 Å². The van der Waals surface area contributed by atoms with Crippen LogP contribution >= 0.6 is 0 Å². The SMILES string of the molecule is Cc1ccc(C(N)=O)cc1Nc1ncccc1-c1cc(NC2CC2)ncn1. The lowest BCUT2D eigenvalue weighted by molar-refractivity contribution is 0.100. The van der Waals surface area contributed by atoms with Gasteiger partial charge in [-0.1, -0.05) is 6.07 Å². The number of aryl methyl sites for hydroxylation is 1. The second-order valence-corrected chi connectivity index (χ2v) is 6.63. The summed E-state index contributed by atoms with van der Waals surface area (Å²) in [6.07, 6.45) is 5.61. The summed E-state index contributed by atoms with van der Waals surface area (Å²) >= 11 is 0. The van der Waals surface area contributed by atoms with Gasteiger partial charge in [-0.05, 0) is 49.6 Å². The number of primary amides is 1. The molecule has 0 atom stereocenters. The number of pyridine rings is 1. The van der Waals surface area contributed by atoms with Gasteiger partial charge in [-0.2, -0.15) is 0 Å². The van der Waals surface area contributed by atoms with Gasteiger partial charge in [-0.15, -0.1) is 0 Å². The quantitative estimate of drug-likeness (QED) is 0.623. The van der Waals surface area contributed by atoms with Gasteiger partial charge >= 0.3 is 0 Å². The molecule has 4 N–H and O–H groups in total. The molecule has 1 aliphatic carbocycles. The van der Waals surface area contributed by atoms with E-state index >= 15 is 0 Å². The number of aromatic nitrogens is 3. The van der Waals surface area contributed by atoms with Crippen molar-refractivity contribution < 1.29 is 4.79 Å². The Kier molecular flexibility index (Phi) is 4.42. The average Bonchev–Trinajstić information content (AvgIpc) is 3.48. The smallest absolute Gasteiger partial charge is 0.248 e.